The Kier molecular flexibility index (Phi) is 8.42. The van der Waals surface area contributed by atoms with Gasteiger partial charge in [-0.25, -0.2) is 0 Å². The summed E-state index contributed by atoms with van der Waals surface area (Å²) in [6.45, 7) is 3.94. The van der Waals surface area contributed by atoms with Crippen LogP contribution in [0, 0.1) is 16.0 Å². The number of rotatable bonds is 10. The topological polar surface area (TPSA) is 141 Å². The van der Waals surface area contributed by atoms with Gasteiger partial charge in [-0.2, -0.15) is 0 Å². The first-order chi connectivity index (χ1) is 16.7. The molecule has 2 N–H and O–H groups in total. The van der Waals surface area contributed by atoms with Crippen LogP contribution in [0.2, 0.25) is 0 Å². The second-order valence-electron chi connectivity index (χ2n) is 7.96. The summed E-state index contributed by atoms with van der Waals surface area (Å²) in [5, 5.41) is 25.4. The summed E-state index contributed by atoms with van der Waals surface area (Å²) < 4.78 is 6.89. The van der Waals surface area contributed by atoms with Gasteiger partial charge in [0.2, 0.25) is 5.91 Å². The largest absolute Gasteiger partial charge is 0.497 e. The first-order valence-electron chi connectivity index (χ1n) is 10.7. The summed E-state index contributed by atoms with van der Waals surface area (Å²) in [5.41, 5.74) is 0.903. The zero-order valence-electron chi connectivity index (χ0n) is 19.7. The van der Waals surface area contributed by atoms with Crippen molar-refractivity contribution in [2.24, 2.45) is 13.0 Å². The molecule has 0 aliphatic rings. The van der Waals surface area contributed by atoms with Gasteiger partial charge in [-0.3, -0.25) is 19.7 Å². The number of methoxy groups -OCH3 is 1. The van der Waals surface area contributed by atoms with Gasteiger partial charge in [0.1, 0.15) is 5.75 Å². The maximum absolute atomic E-state index is 12.8. The molecule has 11 nitrogen and oxygen atoms in total. The number of nitro groups is 1. The summed E-state index contributed by atoms with van der Waals surface area (Å²) >= 11 is 1.19. The van der Waals surface area contributed by atoms with Crippen molar-refractivity contribution in [3.05, 3.63) is 70.0 Å². The number of aromatic nitrogens is 3. The Morgan fingerprint density at radius 1 is 1.11 bits per heavy atom. The van der Waals surface area contributed by atoms with E-state index in [2.05, 4.69) is 20.8 Å². The predicted molar refractivity (Wildman–Crippen MR) is 131 cm³/mol. The molecule has 184 valence electrons. The van der Waals surface area contributed by atoms with Gasteiger partial charge in [0.15, 0.2) is 11.0 Å². The maximum Gasteiger partial charge on any atom is 0.269 e. The van der Waals surface area contributed by atoms with Crippen molar-refractivity contribution in [2.45, 2.75) is 25.0 Å². The molecule has 1 atom stereocenters. The number of thioether (sulfide) groups is 1. The lowest BCUT2D eigenvalue weighted by atomic mass is 10.0. The number of ether oxygens (including phenoxy) is 1. The number of anilines is 1. The predicted octanol–water partition coefficient (Wildman–Crippen LogP) is 3.59. The lowest BCUT2D eigenvalue weighted by Crippen LogP contribution is -2.33. The quantitative estimate of drug-likeness (QED) is 0.245. The number of hydrogen-bond acceptors (Lipinski definition) is 8. The number of non-ortho nitro benzene ring substituents is 1. The van der Waals surface area contributed by atoms with E-state index in [1.807, 2.05) is 13.8 Å². The highest BCUT2D eigenvalue weighted by Crippen LogP contribution is 2.25. The van der Waals surface area contributed by atoms with E-state index in [1.54, 1.807) is 43.0 Å². The molecule has 0 saturated heterocycles. The second kappa shape index (κ2) is 11.5. The number of nitrogens with one attached hydrogen (secondary N) is 2. The van der Waals surface area contributed by atoms with Crippen molar-refractivity contribution in [3.8, 4) is 5.75 Å². The smallest absolute Gasteiger partial charge is 0.269 e. The summed E-state index contributed by atoms with van der Waals surface area (Å²) in [5.74, 6) is 0.791. The van der Waals surface area contributed by atoms with E-state index in [-0.39, 0.29) is 29.2 Å². The fourth-order valence-corrected chi connectivity index (χ4v) is 3.93. The Labute approximate surface area is 206 Å². The fourth-order valence-electron chi connectivity index (χ4n) is 3.21. The van der Waals surface area contributed by atoms with Gasteiger partial charge in [0, 0.05) is 30.4 Å². The van der Waals surface area contributed by atoms with Crippen LogP contribution in [0.25, 0.3) is 0 Å². The lowest BCUT2D eigenvalue weighted by molar-refractivity contribution is -0.384. The monoisotopic (exact) mass is 498 g/mol. The van der Waals surface area contributed by atoms with Crippen LogP contribution >= 0.6 is 11.8 Å². The molecule has 3 rings (SSSR count). The van der Waals surface area contributed by atoms with Crippen LogP contribution in [0.3, 0.4) is 0 Å². The van der Waals surface area contributed by atoms with E-state index in [1.165, 1.54) is 36.0 Å². The van der Waals surface area contributed by atoms with Crippen molar-refractivity contribution in [3.63, 3.8) is 0 Å². The van der Waals surface area contributed by atoms with Crippen LogP contribution < -0.4 is 15.4 Å². The molecule has 0 spiro atoms. The molecular weight excluding hydrogens is 472 g/mol. The van der Waals surface area contributed by atoms with Crippen LogP contribution in [-0.4, -0.2) is 44.4 Å². The van der Waals surface area contributed by atoms with Crippen molar-refractivity contribution >= 4 is 35.0 Å². The Balaban J connectivity index is 1.63. The van der Waals surface area contributed by atoms with Crippen molar-refractivity contribution in [2.75, 3.05) is 18.2 Å². The molecule has 0 aliphatic carbocycles. The molecule has 0 unspecified atom stereocenters. The molecular formula is C23H26N6O5S. The van der Waals surface area contributed by atoms with E-state index >= 15 is 0 Å². The molecule has 0 aliphatic heterocycles. The van der Waals surface area contributed by atoms with Gasteiger partial charge in [-0.1, -0.05) is 25.6 Å². The minimum absolute atomic E-state index is 0.0309. The third-order valence-electron chi connectivity index (χ3n) is 5.15. The van der Waals surface area contributed by atoms with E-state index in [0.717, 1.165) is 0 Å². The first-order valence-corrected chi connectivity index (χ1v) is 11.7. The highest BCUT2D eigenvalue weighted by molar-refractivity contribution is 7.99. The molecule has 0 bridgehead atoms. The molecule has 35 heavy (non-hydrogen) atoms. The third-order valence-corrected chi connectivity index (χ3v) is 6.17. The number of carbonyl (C=O) groups is 2. The molecule has 1 aromatic heterocycles. The van der Waals surface area contributed by atoms with Gasteiger partial charge in [0.05, 0.1) is 23.8 Å². The van der Waals surface area contributed by atoms with Crippen molar-refractivity contribution < 1.29 is 19.2 Å². The van der Waals surface area contributed by atoms with E-state index in [9.17, 15) is 19.7 Å². The highest BCUT2D eigenvalue weighted by atomic mass is 32.2. The molecule has 12 heteroatoms. The van der Waals surface area contributed by atoms with Gasteiger partial charge < -0.3 is 19.9 Å². The maximum atomic E-state index is 12.8. The van der Waals surface area contributed by atoms with Crippen LogP contribution in [0.5, 0.6) is 5.75 Å². The average Bonchev–Trinajstić information content (AvgIpc) is 3.21. The number of nitro benzene ring substituents is 1. The van der Waals surface area contributed by atoms with E-state index in [0.29, 0.717) is 28.0 Å². The van der Waals surface area contributed by atoms with Gasteiger partial charge in [0.25, 0.3) is 11.6 Å². The molecule has 0 saturated carbocycles. The Hall–Kier alpha value is -3.93. The Bertz CT molecular complexity index is 1190. The second-order valence-corrected chi connectivity index (χ2v) is 8.91. The normalized spacial score (nSPS) is 11.7. The summed E-state index contributed by atoms with van der Waals surface area (Å²) in [6.07, 6.45) is 0. The molecule has 0 fully saturated rings. The van der Waals surface area contributed by atoms with E-state index in [4.69, 9.17) is 4.74 Å². The zero-order valence-corrected chi connectivity index (χ0v) is 20.5. The Morgan fingerprint density at radius 2 is 1.77 bits per heavy atom. The van der Waals surface area contributed by atoms with Crippen LogP contribution in [-0.2, 0) is 11.8 Å². The number of carbonyl (C=O) groups excluding carboxylic acids is 2. The minimum atomic E-state index is -0.503. The van der Waals surface area contributed by atoms with Crippen molar-refractivity contribution in [1.82, 2.24) is 20.1 Å². The zero-order chi connectivity index (χ0) is 25.5. The van der Waals surface area contributed by atoms with Crippen molar-refractivity contribution in [1.29, 1.82) is 0 Å². The van der Waals surface area contributed by atoms with Gasteiger partial charge in [-0.15, -0.1) is 10.2 Å². The Morgan fingerprint density at radius 3 is 2.34 bits per heavy atom. The first kappa shape index (κ1) is 25.7. The SMILES string of the molecule is COc1ccc(C(=O)N[C@H](c2nnc(SCC(=O)Nc3ccc([N+](=O)[O-])cc3)n2C)C(C)C)cc1. The number of nitrogens with zero attached hydrogens (tertiary/aromatic N) is 4. The van der Waals surface area contributed by atoms with Gasteiger partial charge in [-0.05, 0) is 42.3 Å². The minimum Gasteiger partial charge on any atom is -0.497 e. The standard InChI is InChI=1S/C23H26N6O5S/c1-14(2)20(25-22(31)15-5-11-18(34-4)12-6-15)21-26-27-23(28(21)3)35-13-19(30)24-16-7-9-17(10-8-16)29(32)33/h5-12,14,20H,13H2,1-4H3,(H,24,30)(H,25,31)/t20-/m0/s1. The summed E-state index contributed by atoms with van der Waals surface area (Å²) in [4.78, 5) is 35.4. The average molecular weight is 499 g/mol. The third kappa shape index (κ3) is 6.57. The lowest BCUT2D eigenvalue weighted by Gasteiger charge is -2.21. The van der Waals surface area contributed by atoms with E-state index < -0.39 is 11.0 Å². The van der Waals surface area contributed by atoms with Crippen LogP contribution in [0.1, 0.15) is 36.1 Å². The molecule has 2 amide bonds. The van der Waals surface area contributed by atoms with Crippen LogP contribution in [0.4, 0.5) is 11.4 Å². The van der Waals surface area contributed by atoms with Gasteiger partial charge >= 0.3 is 0 Å². The number of hydrogen-bond donors (Lipinski definition) is 2. The molecule has 2 aromatic carbocycles. The summed E-state index contributed by atoms with van der Waals surface area (Å²) in [6, 6.07) is 12.0. The molecule has 0 radical (unpaired) electrons. The number of amides is 2. The number of benzene rings is 2. The molecule has 1 heterocycles. The highest BCUT2D eigenvalue weighted by Gasteiger charge is 2.25. The summed E-state index contributed by atoms with van der Waals surface area (Å²) in [7, 11) is 3.34. The fraction of sp³-hybridized carbons (Fsp3) is 0.304. The molecule has 3 aromatic rings. The van der Waals surface area contributed by atoms with Crippen LogP contribution in [0.15, 0.2) is 53.7 Å².